The average molecular weight is 402 g/mol. The van der Waals surface area contributed by atoms with Gasteiger partial charge in [-0.15, -0.1) is 0 Å². The summed E-state index contributed by atoms with van der Waals surface area (Å²) in [5.74, 6) is -0.854. The van der Waals surface area contributed by atoms with Crippen LogP contribution in [0.1, 0.15) is 18.4 Å². The number of esters is 1. The molecule has 1 aromatic rings. The number of nitrogens with zero attached hydrogens (tertiary/aromatic N) is 2. The van der Waals surface area contributed by atoms with Crippen LogP contribution in [0.5, 0.6) is 0 Å². The fourth-order valence-electron chi connectivity index (χ4n) is 3.67. The first kappa shape index (κ1) is 21.3. The number of hydrogen-bond acceptors (Lipinski definition) is 7. The topological polar surface area (TPSA) is 94.1 Å². The van der Waals surface area contributed by atoms with Gasteiger partial charge in [0.25, 0.3) is 5.91 Å². The fraction of sp³-hybridized carbons (Fsp3) is 0.524. The van der Waals surface area contributed by atoms with E-state index in [0.717, 1.165) is 43.7 Å². The lowest BCUT2D eigenvalue weighted by atomic mass is 10.1. The van der Waals surface area contributed by atoms with E-state index in [2.05, 4.69) is 22.6 Å². The molecule has 158 valence electrons. The zero-order valence-electron chi connectivity index (χ0n) is 17.1. The number of ether oxygens (including phenoxy) is 1. The fourth-order valence-corrected chi connectivity index (χ4v) is 3.67. The molecular weight excluding hydrogens is 372 g/mol. The number of rotatable bonds is 8. The van der Waals surface area contributed by atoms with Crippen molar-refractivity contribution in [2.45, 2.75) is 25.4 Å². The molecule has 0 saturated carbocycles. The molecule has 0 aromatic heterocycles. The summed E-state index contributed by atoms with van der Waals surface area (Å²) in [6.07, 6.45) is 2.32. The highest BCUT2D eigenvalue weighted by molar-refractivity contribution is 6.08. The Labute approximate surface area is 171 Å². The van der Waals surface area contributed by atoms with Gasteiger partial charge >= 0.3 is 5.97 Å². The molecule has 3 rings (SSSR count). The molecule has 0 aliphatic carbocycles. The Balaban J connectivity index is 1.61. The standard InChI is InChI=1S/C21H30N4O4/c1-24-9-7-16(8-10-24)22-13-15-3-5-17(6-4-15)23-19-18(21(28)29-2)14-25(11-12-26)20(19)27/h3-6,16,22-23,26H,7-14H2,1-2H3. The van der Waals surface area contributed by atoms with Crippen LogP contribution < -0.4 is 10.6 Å². The Morgan fingerprint density at radius 1 is 1.24 bits per heavy atom. The van der Waals surface area contributed by atoms with Gasteiger partial charge in [-0.25, -0.2) is 4.79 Å². The summed E-state index contributed by atoms with van der Waals surface area (Å²) < 4.78 is 4.80. The number of anilines is 1. The van der Waals surface area contributed by atoms with E-state index in [0.29, 0.717) is 6.04 Å². The van der Waals surface area contributed by atoms with E-state index in [9.17, 15) is 9.59 Å². The number of benzene rings is 1. The highest BCUT2D eigenvalue weighted by Crippen LogP contribution is 2.23. The summed E-state index contributed by atoms with van der Waals surface area (Å²) >= 11 is 0. The monoisotopic (exact) mass is 402 g/mol. The number of carbonyl (C=O) groups is 2. The maximum atomic E-state index is 12.6. The SMILES string of the molecule is COC(=O)C1=C(Nc2ccc(CNC3CCN(C)CC3)cc2)C(=O)N(CCO)C1. The molecule has 1 fully saturated rings. The number of amides is 1. The van der Waals surface area contributed by atoms with Crippen molar-refractivity contribution in [3.63, 3.8) is 0 Å². The lowest BCUT2D eigenvalue weighted by molar-refractivity contribution is -0.136. The Morgan fingerprint density at radius 2 is 1.93 bits per heavy atom. The molecule has 1 saturated heterocycles. The van der Waals surface area contributed by atoms with E-state index in [1.54, 1.807) is 0 Å². The number of aliphatic hydroxyl groups is 1. The summed E-state index contributed by atoms with van der Waals surface area (Å²) in [4.78, 5) is 28.4. The van der Waals surface area contributed by atoms with Crippen LogP contribution in [0.4, 0.5) is 5.69 Å². The zero-order valence-corrected chi connectivity index (χ0v) is 17.1. The summed E-state index contributed by atoms with van der Waals surface area (Å²) in [5.41, 5.74) is 2.38. The summed E-state index contributed by atoms with van der Waals surface area (Å²) in [6.45, 7) is 3.19. The molecule has 29 heavy (non-hydrogen) atoms. The smallest absolute Gasteiger partial charge is 0.337 e. The van der Waals surface area contributed by atoms with Crippen LogP contribution in [-0.4, -0.2) is 79.8 Å². The van der Waals surface area contributed by atoms with Gasteiger partial charge in [0.2, 0.25) is 0 Å². The first-order chi connectivity index (χ1) is 14.0. The molecule has 2 aliphatic heterocycles. The van der Waals surface area contributed by atoms with Gasteiger partial charge in [-0.3, -0.25) is 4.79 Å². The van der Waals surface area contributed by atoms with Crippen LogP contribution in [0.3, 0.4) is 0 Å². The number of carbonyl (C=O) groups excluding carboxylic acids is 2. The third-order valence-electron chi connectivity index (χ3n) is 5.49. The molecule has 0 spiro atoms. The Hall–Kier alpha value is -2.42. The predicted molar refractivity (Wildman–Crippen MR) is 110 cm³/mol. The highest BCUT2D eigenvalue weighted by Gasteiger charge is 2.34. The van der Waals surface area contributed by atoms with Crippen LogP contribution in [0.2, 0.25) is 0 Å². The summed E-state index contributed by atoms with van der Waals surface area (Å²) in [5, 5.41) is 15.8. The second-order valence-corrected chi connectivity index (χ2v) is 7.58. The molecule has 0 unspecified atom stereocenters. The molecule has 0 bridgehead atoms. The van der Waals surface area contributed by atoms with Gasteiger partial charge in [-0.05, 0) is 50.7 Å². The van der Waals surface area contributed by atoms with E-state index in [4.69, 9.17) is 9.84 Å². The van der Waals surface area contributed by atoms with Gasteiger partial charge in [-0.2, -0.15) is 0 Å². The number of piperidine rings is 1. The number of likely N-dealkylation sites (tertiary alicyclic amines) is 1. The normalized spacial score (nSPS) is 18.4. The highest BCUT2D eigenvalue weighted by atomic mass is 16.5. The molecule has 3 N–H and O–H groups in total. The predicted octanol–water partition coefficient (Wildman–Crippen LogP) is 0.544. The van der Waals surface area contributed by atoms with Crippen molar-refractivity contribution in [3.05, 3.63) is 41.1 Å². The van der Waals surface area contributed by atoms with E-state index < -0.39 is 5.97 Å². The van der Waals surface area contributed by atoms with E-state index in [1.807, 2.05) is 24.3 Å². The second kappa shape index (κ2) is 9.87. The van der Waals surface area contributed by atoms with Gasteiger partial charge in [0, 0.05) is 24.8 Å². The Bertz CT molecular complexity index is 754. The molecule has 8 nitrogen and oxygen atoms in total. The number of methoxy groups -OCH3 is 1. The Morgan fingerprint density at radius 3 is 2.55 bits per heavy atom. The average Bonchev–Trinajstić information content (AvgIpc) is 3.04. The first-order valence-corrected chi connectivity index (χ1v) is 10.0. The van der Waals surface area contributed by atoms with Crippen molar-refractivity contribution in [1.82, 2.24) is 15.1 Å². The van der Waals surface area contributed by atoms with Crippen LogP contribution in [-0.2, 0) is 20.9 Å². The van der Waals surface area contributed by atoms with Crippen molar-refractivity contribution >= 4 is 17.6 Å². The number of nitrogens with one attached hydrogen (secondary N) is 2. The quantitative estimate of drug-likeness (QED) is 0.547. The molecule has 8 heteroatoms. The third kappa shape index (κ3) is 5.35. The minimum absolute atomic E-state index is 0.132. The molecular formula is C21H30N4O4. The number of hydrogen-bond donors (Lipinski definition) is 3. The second-order valence-electron chi connectivity index (χ2n) is 7.58. The first-order valence-electron chi connectivity index (χ1n) is 10.0. The minimum Gasteiger partial charge on any atom is -0.466 e. The van der Waals surface area contributed by atoms with Crippen LogP contribution in [0.15, 0.2) is 35.5 Å². The zero-order chi connectivity index (χ0) is 20.8. The third-order valence-corrected chi connectivity index (χ3v) is 5.49. The lowest BCUT2D eigenvalue weighted by Crippen LogP contribution is -2.40. The van der Waals surface area contributed by atoms with Gasteiger partial charge in [0.15, 0.2) is 0 Å². The lowest BCUT2D eigenvalue weighted by Gasteiger charge is -2.29. The molecule has 2 aliphatic rings. The van der Waals surface area contributed by atoms with Gasteiger partial charge in [0.05, 0.1) is 25.8 Å². The van der Waals surface area contributed by atoms with Crippen molar-refractivity contribution < 1.29 is 19.4 Å². The molecule has 1 aromatic carbocycles. The van der Waals surface area contributed by atoms with Crippen molar-refractivity contribution in [3.8, 4) is 0 Å². The van der Waals surface area contributed by atoms with E-state index >= 15 is 0 Å². The summed E-state index contributed by atoms with van der Waals surface area (Å²) in [7, 11) is 3.44. The van der Waals surface area contributed by atoms with Crippen molar-refractivity contribution in [2.75, 3.05) is 52.3 Å². The van der Waals surface area contributed by atoms with Gasteiger partial charge in [0.1, 0.15) is 5.70 Å². The molecule has 2 heterocycles. The van der Waals surface area contributed by atoms with E-state index in [-0.39, 0.29) is 36.9 Å². The Kier molecular flexibility index (Phi) is 7.24. The van der Waals surface area contributed by atoms with Crippen molar-refractivity contribution in [1.29, 1.82) is 0 Å². The minimum atomic E-state index is -0.541. The largest absolute Gasteiger partial charge is 0.466 e. The van der Waals surface area contributed by atoms with Gasteiger partial charge in [-0.1, -0.05) is 12.1 Å². The van der Waals surface area contributed by atoms with Gasteiger partial charge < -0.3 is 30.3 Å². The maximum Gasteiger partial charge on any atom is 0.337 e. The van der Waals surface area contributed by atoms with Crippen LogP contribution in [0.25, 0.3) is 0 Å². The molecule has 0 radical (unpaired) electrons. The maximum absolute atomic E-state index is 12.6. The van der Waals surface area contributed by atoms with Crippen LogP contribution in [0, 0.1) is 0 Å². The number of aliphatic hydroxyl groups excluding tert-OH is 1. The van der Waals surface area contributed by atoms with Crippen molar-refractivity contribution in [2.24, 2.45) is 0 Å². The number of β-amino-alcohol motifs (C(OH)–C–C–N with tert-alkyl or cyclic N) is 1. The summed E-state index contributed by atoms with van der Waals surface area (Å²) in [6, 6.07) is 8.36. The van der Waals surface area contributed by atoms with E-state index in [1.165, 1.54) is 12.0 Å². The molecule has 0 atom stereocenters. The molecule has 1 amide bonds. The van der Waals surface area contributed by atoms with Crippen LogP contribution >= 0.6 is 0 Å².